The van der Waals surface area contributed by atoms with Gasteiger partial charge >= 0.3 is 0 Å². The molecule has 2 rings (SSSR count). The van der Waals surface area contributed by atoms with Crippen molar-refractivity contribution in [1.82, 2.24) is 5.32 Å². The summed E-state index contributed by atoms with van der Waals surface area (Å²) >= 11 is 3.49. The van der Waals surface area contributed by atoms with Crippen molar-refractivity contribution in [3.63, 3.8) is 0 Å². The van der Waals surface area contributed by atoms with Crippen LogP contribution < -0.4 is 10.2 Å². The number of hydrogen-bond acceptors (Lipinski definition) is 4. The number of nitrogens with zero attached hydrogens (tertiary/aromatic N) is 1. The summed E-state index contributed by atoms with van der Waals surface area (Å²) in [4.78, 5) is 2.58. The van der Waals surface area contributed by atoms with E-state index in [1.807, 2.05) is 20.0 Å². The summed E-state index contributed by atoms with van der Waals surface area (Å²) in [6.07, 6.45) is 0. The molecule has 0 saturated heterocycles. The normalized spacial score (nSPS) is 17.6. The van der Waals surface area contributed by atoms with Crippen LogP contribution in [0.25, 0.3) is 0 Å². The molecular formula is C12H17BrN2O2S. The Hall–Kier alpha value is -0.590. The SMILES string of the molecule is CNCCN1CCS(=O)(=O)c2cc(C)cc(Br)c21. The number of hydrogen-bond donors (Lipinski definition) is 1. The summed E-state index contributed by atoms with van der Waals surface area (Å²) < 4.78 is 25.1. The van der Waals surface area contributed by atoms with Gasteiger partial charge in [0.25, 0.3) is 0 Å². The van der Waals surface area contributed by atoms with Crippen LogP contribution in [0, 0.1) is 6.92 Å². The third kappa shape index (κ3) is 2.55. The average Bonchev–Trinajstić information content (AvgIpc) is 2.29. The van der Waals surface area contributed by atoms with E-state index in [-0.39, 0.29) is 5.75 Å². The molecular weight excluding hydrogens is 316 g/mol. The van der Waals surface area contributed by atoms with Crippen molar-refractivity contribution in [3.8, 4) is 0 Å². The molecule has 0 atom stereocenters. The Morgan fingerprint density at radius 2 is 2.17 bits per heavy atom. The number of rotatable bonds is 3. The van der Waals surface area contributed by atoms with Crippen molar-refractivity contribution < 1.29 is 8.42 Å². The van der Waals surface area contributed by atoms with Gasteiger partial charge in [-0.1, -0.05) is 0 Å². The molecule has 0 bridgehead atoms. The van der Waals surface area contributed by atoms with Gasteiger partial charge in [-0.25, -0.2) is 8.42 Å². The molecule has 1 aliphatic rings. The molecule has 1 aliphatic heterocycles. The number of fused-ring (bicyclic) bond motifs is 1. The highest BCUT2D eigenvalue weighted by atomic mass is 79.9. The number of aryl methyl sites for hydroxylation is 1. The van der Waals surface area contributed by atoms with E-state index in [1.54, 1.807) is 6.07 Å². The van der Waals surface area contributed by atoms with Crippen molar-refractivity contribution in [2.45, 2.75) is 11.8 Å². The van der Waals surface area contributed by atoms with Gasteiger partial charge in [-0.05, 0) is 47.6 Å². The topological polar surface area (TPSA) is 49.4 Å². The van der Waals surface area contributed by atoms with Crippen LogP contribution in [0.2, 0.25) is 0 Å². The summed E-state index contributed by atoms with van der Waals surface area (Å²) in [6, 6.07) is 3.73. The number of likely N-dealkylation sites (N-methyl/N-ethyl adjacent to an activating group) is 1. The molecule has 0 spiro atoms. The molecule has 0 aliphatic carbocycles. The first-order valence-corrected chi connectivity index (χ1v) is 8.32. The van der Waals surface area contributed by atoms with Crippen LogP contribution in [0.1, 0.15) is 5.56 Å². The van der Waals surface area contributed by atoms with Crippen LogP contribution in [0.15, 0.2) is 21.5 Å². The largest absolute Gasteiger partial charge is 0.367 e. The third-order valence-electron chi connectivity index (χ3n) is 3.09. The van der Waals surface area contributed by atoms with E-state index in [9.17, 15) is 8.42 Å². The van der Waals surface area contributed by atoms with Crippen molar-refractivity contribution in [3.05, 3.63) is 22.2 Å². The Morgan fingerprint density at radius 3 is 2.83 bits per heavy atom. The molecule has 0 fully saturated rings. The first-order chi connectivity index (χ1) is 8.45. The number of sulfone groups is 1. The number of nitrogens with one attached hydrogen (secondary N) is 1. The van der Waals surface area contributed by atoms with E-state index in [1.165, 1.54) is 0 Å². The summed E-state index contributed by atoms with van der Waals surface area (Å²) in [6.45, 7) is 4.10. The van der Waals surface area contributed by atoms with Crippen LogP contribution in [-0.4, -0.2) is 40.9 Å². The van der Waals surface area contributed by atoms with Gasteiger partial charge < -0.3 is 10.2 Å². The van der Waals surface area contributed by atoms with Crippen molar-refractivity contribution in [1.29, 1.82) is 0 Å². The van der Waals surface area contributed by atoms with Gasteiger partial charge in [-0.3, -0.25) is 0 Å². The van der Waals surface area contributed by atoms with Crippen LogP contribution in [0.3, 0.4) is 0 Å². The predicted molar refractivity (Wildman–Crippen MR) is 77.1 cm³/mol. The maximum atomic E-state index is 12.1. The summed E-state index contributed by atoms with van der Waals surface area (Å²) in [7, 11) is -1.24. The van der Waals surface area contributed by atoms with E-state index in [0.29, 0.717) is 11.4 Å². The van der Waals surface area contributed by atoms with Gasteiger partial charge in [-0.2, -0.15) is 0 Å². The number of anilines is 1. The average molecular weight is 333 g/mol. The third-order valence-corrected chi connectivity index (χ3v) is 5.39. The molecule has 6 heteroatoms. The Balaban J connectivity index is 2.52. The van der Waals surface area contributed by atoms with Crippen LogP contribution in [0.5, 0.6) is 0 Å². The molecule has 1 heterocycles. The van der Waals surface area contributed by atoms with E-state index in [0.717, 1.165) is 28.8 Å². The molecule has 0 aromatic heterocycles. The maximum Gasteiger partial charge on any atom is 0.182 e. The quantitative estimate of drug-likeness (QED) is 0.912. The second kappa shape index (κ2) is 5.19. The minimum absolute atomic E-state index is 0.194. The van der Waals surface area contributed by atoms with Crippen molar-refractivity contribution in [2.24, 2.45) is 0 Å². The van der Waals surface area contributed by atoms with Gasteiger partial charge in [0.1, 0.15) is 0 Å². The molecule has 100 valence electrons. The summed E-state index contributed by atoms with van der Waals surface area (Å²) in [5, 5.41) is 3.09. The fourth-order valence-electron chi connectivity index (χ4n) is 2.17. The number of benzene rings is 1. The molecule has 0 saturated carbocycles. The second-order valence-corrected chi connectivity index (χ2v) is 7.43. The molecule has 0 radical (unpaired) electrons. The fraction of sp³-hybridized carbons (Fsp3) is 0.500. The highest BCUT2D eigenvalue weighted by molar-refractivity contribution is 9.10. The van der Waals surface area contributed by atoms with Crippen LogP contribution in [-0.2, 0) is 9.84 Å². The molecule has 1 N–H and O–H groups in total. The second-order valence-electron chi connectivity index (χ2n) is 4.50. The Labute approximate surface area is 116 Å². The fourth-order valence-corrected chi connectivity index (χ4v) is 4.71. The highest BCUT2D eigenvalue weighted by Gasteiger charge is 2.30. The van der Waals surface area contributed by atoms with Gasteiger partial charge in [0, 0.05) is 24.1 Å². The van der Waals surface area contributed by atoms with Crippen LogP contribution >= 0.6 is 15.9 Å². The van der Waals surface area contributed by atoms with Crippen LogP contribution in [0.4, 0.5) is 5.69 Å². The summed E-state index contributed by atoms with van der Waals surface area (Å²) in [5.41, 5.74) is 1.77. The lowest BCUT2D eigenvalue weighted by Gasteiger charge is -2.32. The molecule has 1 aromatic carbocycles. The minimum atomic E-state index is -3.14. The highest BCUT2D eigenvalue weighted by Crippen LogP contribution is 2.37. The van der Waals surface area contributed by atoms with Gasteiger partial charge in [0.05, 0.1) is 16.3 Å². The van der Waals surface area contributed by atoms with Crippen molar-refractivity contribution >= 4 is 31.5 Å². The zero-order chi connectivity index (χ0) is 13.3. The predicted octanol–water partition coefficient (Wildman–Crippen LogP) is 1.57. The Bertz CT molecular complexity index is 557. The Morgan fingerprint density at radius 1 is 1.44 bits per heavy atom. The molecule has 0 amide bonds. The first-order valence-electron chi connectivity index (χ1n) is 5.88. The molecule has 1 aromatic rings. The minimum Gasteiger partial charge on any atom is -0.367 e. The van der Waals surface area contributed by atoms with E-state index >= 15 is 0 Å². The van der Waals surface area contributed by atoms with E-state index in [4.69, 9.17) is 0 Å². The first kappa shape index (κ1) is 13.8. The lowest BCUT2D eigenvalue weighted by molar-refractivity contribution is 0.588. The molecule has 4 nitrogen and oxygen atoms in total. The van der Waals surface area contributed by atoms with Gasteiger partial charge in [-0.15, -0.1) is 0 Å². The lowest BCUT2D eigenvalue weighted by atomic mass is 10.2. The van der Waals surface area contributed by atoms with E-state index < -0.39 is 9.84 Å². The Kier molecular flexibility index (Phi) is 3.99. The zero-order valence-electron chi connectivity index (χ0n) is 10.5. The van der Waals surface area contributed by atoms with E-state index in [2.05, 4.69) is 26.1 Å². The smallest absolute Gasteiger partial charge is 0.182 e. The standard InChI is InChI=1S/C12H17BrN2O2S/c1-9-7-10(13)12-11(8-9)18(16,17)6-5-15(12)4-3-14-2/h7-8,14H,3-6H2,1-2H3. The molecule has 18 heavy (non-hydrogen) atoms. The lowest BCUT2D eigenvalue weighted by Crippen LogP contribution is -2.39. The van der Waals surface area contributed by atoms with Gasteiger partial charge in [0.2, 0.25) is 0 Å². The molecule has 0 unspecified atom stereocenters. The maximum absolute atomic E-state index is 12.1. The summed E-state index contributed by atoms with van der Waals surface area (Å²) in [5.74, 6) is 0.194. The number of halogens is 1. The van der Waals surface area contributed by atoms with Crippen molar-refractivity contribution in [2.75, 3.05) is 37.3 Å². The zero-order valence-corrected chi connectivity index (χ0v) is 12.9. The van der Waals surface area contributed by atoms with Gasteiger partial charge in [0.15, 0.2) is 9.84 Å². The monoisotopic (exact) mass is 332 g/mol.